The van der Waals surface area contributed by atoms with Gasteiger partial charge in [-0.1, -0.05) is 0 Å². The summed E-state index contributed by atoms with van der Waals surface area (Å²) < 4.78 is 21.2. The van der Waals surface area contributed by atoms with Gasteiger partial charge in [-0.05, 0) is 6.42 Å². The van der Waals surface area contributed by atoms with Crippen molar-refractivity contribution in [2.45, 2.75) is 25.0 Å². The predicted molar refractivity (Wildman–Crippen MR) is 62.4 cm³/mol. The molecular weight excluding hydrogens is 259 g/mol. The molecule has 0 saturated heterocycles. The highest BCUT2D eigenvalue weighted by atomic mass is 31.1. The second kappa shape index (κ2) is 6.24. The standard InChI is InChI=1S/C10H15N2O5P/c13-5-7-3-8(4-9(7)17-18(14)15)16-10-1-2-11-6-12-10/h1-2,6-9,13,18H,3-5H2,(H,14,15)/t7-,8-,9+/m1/s1. The van der Waals surface area contributed by atoms with E-state index >= 15 is 0 Å². The third kappa shape index (κ3) is 3.49. The Labute approximate surface area is 105 Å². The van der Waals surface area contributed by atoms with Crippen molar-refractivity contribution in [3.63, 3.8) is 0 Å². The molecule has 0 aliphatic heterocycles. The summed E-state index contributed by atoms with van der Waals surface area (Å²) in [5.74, 6) is 0.266. The van der Waals surface area contributed by atoms with Gasteiger partial charge in [-0.3, -0.25) is 4.57 Å². The van der Waals surface area contributed by atoms with Crippen molar-refractivity contribution in [3.05, 3.63) is 18.6 Å². The average molecular weight is 274 g/mol. The van der Waals surface area contributed by atoms with Crippen LogP contribution in [0.5, 0.6) is 5.88 Å². The van der Waals surface area contributed by atoms with Crippen molar-refractivity contribution in [1.29, 1.82) is 0 Å². The molecule has 1 aliphatic rings. The molecule has 0 spiro atoms. The molecule has 100 valence electrons. The highest BCUT2D eigenvalue weighted by molar-refractivity contribution is 7.32. The molecular formula is C10H15N2O5P. The van der Waals surface area contributed by atoms with E-state index in [-0.39, 0.29) is 18.6 Å². The quantitative estimate of drug-likeness (QED) is 0.749. The number of nitrogens with zero attached hydrogens (tertiary/aromatic N) is 2. The number of aliphatic hydroxyl groups is 1. The third-order valence-corrected chi connectivity index (χ3v) is 3.42. The zero-order valence-corrected chi connectivity index (χ0v) is 10.6. The molecule has 1 aromatic heterocycles. The van der Waals surface area contributed by atoms with Gasteiger partial charge in [0.05, 0.1) is 6.10 Å². The maximum absolute atomic E-state index is 10.7. The van der Waals surface area contributed by atoms with Gasteiger partial charge in [0.1, 0.15) is 12.4 Å². The largest absolute Gasteiger partial charge is 0.474 e. The highest BCUT2D eigenvalue weighted by Gasteiger charge is 2.37. The van der Waals surface area contributed by atoms with Crippen LogP contribution in [0.25, 0.3) is 0 Å². The maximum Gasteiger partial charge on any atom is 0.316 e. The Hall–Kier alpha value is -1.01. The first-order valence-electron chi connectivity index (χ1n) is 5.62. The first kappa shape index (κ1) is 13.4. The number of hydrogen-bond donors (Lipinski definition) is 2. The number of aromatic nitrogens is 2. The minimum atomic E-state index is -3.00. The molecule has 8 heteroatoms. The predicted octanol–water partition coefficient (Wildman–Crippen LogP) is 0.393. The summed E-state index contributed by atoms with van der Waals surface area (Å²) in [7, 11) is -3.00. The van der Waals surface area contributed by atoms with Gasteiger partial charge in [-0.15, -0.1) is 0 Å². The zero-order valence-electron chi connectivity index (χ0n) is 9.60. The van der Waals surface area contributed by atoms with E-state index in [0.29, 0.717) is 18.7 Å². The Morgan fingerprint density at radius 1 is 1.50 bits per heavy atom. The van der Waals surface area contributed by atoms with Crippen LogP contribution in [0.2, 0.25) is 0 Å². The molecule has 1 saturated carbocycles. The van der Waals surface area contributed by atoms with E-state index in [0.717, 1.165) is 0 Å². The molecule has 18 heavy (non-hydrogen) atoms. The van der Waals surface area contributed by atoms with Crippen molar-refractivity contribution in [2.75, 3.05) is 6.61 Å². The van der Waals surface area contributed by atoms with Gasteiger partial charge in [-0.2, -0.15) is 0 Å². The lowest BCUT2D eigenvalue weighted by Crippen LogP contribution is -2.18. The Morgan fingerprint density at radius 3 is 2.94 bits per heavy atom. The fourth-order valence-corrected chi connectivity index (χ4v) is 2.67. The van der Waals surface area contributed by atoms with E-state index in [1.54, 1.807) is 12.3 Å². The van der Waals surface area contributed by atoms with Crippen molar-refractivity contribution in [2.24, 2.45) is 5.92 Å². The lowest BCUT2D eigenvalue weighted by molar-refractivity contribution is 0.105. The Balaban J connectivity index is 1.94. The van der Waals surface area contributed by atoms with Crippen molar-refractivity contribution < 1.29 is 23.8 Å². The Bertz CT molecular complexity index is 405. The van der Waals surface area contributed by atoms with E-state index in [9.17, 15) is 9.67 Å². The molecule has 1 fully saturated rings. The van der Waals surface area contributed by atoms with Crippen LogP contribution in [-0.4, -0.2) is 38.8 Å². The van der Waals surface area contributed by atoms with Crippen LogP contribution in [0.15, 0.2) is 18.6 Å². The fourth-order valence-electron chi connectivity index (χ4n) is 2.12. The van der Waals surface area contributed by atoms with E-state index in [1.807, 2.05) is 0 Å². The molecule has 1 aromatic rings. The zero-order chi connectivity index (χ0) is 13.0. The molecule has 0 amide bonds. The van der Waals surface area contributed by atoms with E-state index in [2.05, 4.69) is 9.97 Å². The molecule has 1 heterocycles. The summed E-state index contributed by atoms with van der Waals surface area (Å²) in [6, 6.07) is 1.64. The maximum atomic E-state index is 10.7. The summed E-state index contributed by atoms with van der Waals surface area (Å²) in [5.41, 5.74) is 0. The average Bonchev–Trinajstić information content (AvgIpc) is 2.71. The number of hydrogen-bond acceptors (Lipinski definition) is 6. The fraction of sp³-hybridized carbons (Fsp3) is 0.600. The lowest BCUT2D eigenvalue weighted by atomic mass is 10.1. The van der Waals surface area contributed by atoms with Crippen LogP contribution in [-0.2, 0) is 9.09 Å². The van der Waals surface area contributed by atoms with Gasteiger partial charge in [-0.25, -0.2) is 9.97 Å². The van der Waals surface area contributed by atoms with Crippen molar-refractivity contribution in [1.82, 2.24) is 9.97 Å². The second-order valence-corrected chi connectivity index (χ2v) is 4.89. The smallest absolute Gasteiger partial charge is 0.316 e. The number of rotatable bonds is 5. The number of ether oxygens (including phenoxy) is 1. The van der Waals surface area contributed by atoms with Gasteiger partial charge < -0.3 is 19.3 Å². The minimum absolute atomic E-state index is 0.0938. The highest BCUT2D eigenvalue weighted by Crippen LogP contribution is 2.35. The summed E-state index contributed by atoms with van der Waals surface area (Å²) in [4.78, 5) is 16.5. The van der Waals surface area contributed by atoms with Gasteiger partial charge in [0.25, 0.3) is 0 Å². The molecule has 7 nitrogen and oxygen atoms in total. The van der Waals surface area contributed by atoms with Crippen LogP contribution in [0, 0.1) is 5.92 Å². The minimum Gasteiger partial charge on any atom is -0.474 e. The van der Waals surface area contributed by atoms with Crippen LogP contribution < -0.4 is 4.74 Å². The Morgan fingerprint density at radius 2 is 2.33 bits per heavy atom. The topological polar surface area (TPSA) is 102 Å². The lowest BCUT2D eigenvalue weighted by Gasteiger charge is -2.14. The van der Waals surface area contributed by atoms with E-state index < -0.39 is 14.4 Å². The summed E-state index contributed by atoms with van der Waals surface area (Å²) in [5, 5.41) is 9.20. The van der Waals surface area contributed by atoms with Crippen LogP contribution in [0.4, 0.5) is 0 Å². The molecule has 2 rings (SSSR count). The normalized spacial score (nSPS) is 29.1. The molecule has 4 atom stereocenters. The molecule has 0 bridgehead atoms. The molecule has 1 unspecified atom stereocenters. The Kier molecular flexibility index (Phi) is 4.66. The third-order valence-electron chi connectivity index (χ3n) is 2.92. The summed E-state index contributed by atoms with van der Waals surface area (Å²) in [6.07, 6.45) is 3.36. The molecule has 2 N–H and O–H groups in total. The van der Waals surface area contributed by atoms with Crippen molar-refractivity contribution >= 4 is 8.25 Å². The summed E-state index contributed by atoms with van der Waals surface area (Å²) >= 11 is 0. The molecule has 1 aliphatic carbocycles. The van der Waals surface area contributed by atoms with E-state index in [1.165, 1.54) is 6.33 Å². The SMILES string of the molecule is O=[PH](O)O[C@H]1C[C@H](Oc2ccncn2)C[C@@H]1CO. The molecule has 0 radical (unpaired) electrons. The first-order valence-corrected chi connectivity index (χ1v) is 6.88. The molecule has 0 aromatic carbocycles. The van der Waals surface area contributed by atoms with Crippen LogP contribution >= 0.6 is 8.25 Å². The summed E-state index contributed by atoms with van der Waals surface area (Å²) in [6.45, 7) is -0.0938. The van der Waals surface area contributed by atoms with Crippen LogP contribution in [0.1, 0.15) is 12.8 Å². The van der Waals surface area contributed by atoms with Gasteiger partial charge in [0.2, 0.25) is 5.88 Å². The van der Waals surface area contributed by atoms with Gasteiger partial charge in [0, 0.05) is 31.2 Å². The van der Waals surface area contributed by atoms with Crippen molar-refractivity contribution in [3.8, 4) is 5.88 Å². The first-order chi connectivity index (χ1) is 8.69. The monoisotopic (exact) mass is 274 g/mol. The van der Waals surface area contributed by atoms with E-state index in [4.69, 9.17) is 14.2 Å². The van der Waals surface area contributed by atoms with Gasteiger partial charge >= 0.3 is 8.25 Å². The van der Waals surface area contributed by atoms with Gasteiger partial charge in [0.15, 0.2) is 0 Å². The second-order valence-electron chi connectivity index (χ2n) is 4.12. The van der Waals surface area contributed by atoms with Crippen LogP contribution in [0.3, 0.4) is 0 Å². The number of aliphatic hydroxyl groups excluding tert-OH is 1.